The van der Waals surface area contributed by atoms with Crippen LogP contribution >= 0.6 is 11.3 Å². The Morgan fingerprint density at radius 2 is 1.73 bits per heavy atom. The van der Waals surface area contributed by atoms with Crippen LogP contribution in [0.15, 0.2) is 36.0 Å². The minimum Gasteiger partial charge on any atom is -0.265 e. The fourth-order valence-electron chi connectivity index (χ4n) is 1.43. The zero-order valence-corrected chi connectivity index (χ0v) is 10.1. The molecule has 0 fully saturated rings. The van der Waals surface area contributed by atoms with E-state index >= 15 is 0 Å². The van der Waals surface area contributed by atoms with Gasteiger partial charge in [0.25, 0.3) is 0 Å². The van der Waals surface area contributed by atoms with Crippen molar-refractivity contribution in [3.8, 4) is 11.1 Å². The molecule has 2 heterocycles. The lowest BCUT2D eigenvalue weighted by Gasteiger charge is -2.15. The van der Waals surface area contributed by atoms with Crippen molar-refractivity contribution in [3.63, 3.8) is 0 Å². The number of nitrogens with zero attached hydrogens (tertiary/aromatic N) is 1. The van der Waals surface area contributed by atoms with Gasteiger partial charge in [0.05, 0.1) is 0 Å². The van der Waals surface area contributed by atoms with Gasteiger partial charge in [0.1, 0.15) is 0 Å². The normalized spacial score (nSPS) is 11.7. The molecule has 2 aromatic rings. The third-order valence-corrected chi connectivity index (χ3v) is 3.71. The van der Waals surface area contributed by atoms with Gasteiger partial charge in [-0.3, -0.25) is 4.98 Å². The minimum atomic E-state index is 0.246. The fraction of sp³-hybridized carbons (Fsp3) is 0.308. The Morgan fingerprint density at radius 3 is 2.27 bits per heavy atom. The van der Waals surface area contributed by atoms with Crippen LogP contribution in [0.4, 0.5) is 0 Å². The van der Waals surface area contributed by atoms with Gasteiger partial charge in [0, 0.05) is 17.3 Å². The van der Waals surface area contributed by atoms with Gasteiger partial charge in [0.15, 0.2) is 0 Å². The standard InChI is InChI=1S/C13H15NS/c1-13(2,3)12-8-11(9-15-12)10-4-6-14-7-5-10/h4-9H,1-3H3. The molecule has 0 N–H and O–H groups in total. The van der Waals surface area contributed by atoms with Crippen molar-refractivity contribution < 1.29 is 0 Å². The Bertz CT molecular complexity index is 437. The molecule has 15 heavy (non-hydrogen) atoms. The molecule has 0 amide bonds. The SMILES string of the molecule is CC(C)(C)c1cc(-c2ccncc2)cs1. The van der Waals surface area contributed by atoms with Gasteiger partial charge in [-0.15, -0.1) is 11.3 Å². The van der Waals surface area contributed by atoms with Crippen LogP contribution in [0, 0.1) is 0 Å². The van der Waals surface area contributed by atoms with Gasteiger partial charge < -0.3 is 0 Å². The number of thiophene rings is 1. The van der Waals surface area contributed by atoms with Crippen LogP contribution in [0.25, 0.3) is 11.1 Å². The van der Waals surface area contributed by atoms with Crippen molar-refractivity contribution in [2.24, 2.45) is 0 Å². The van der Waals surface area contributed by atoms with Gasteiger partial charge in [-0.1, -0.05) is 20.8 Å². The zero-order chi connectivity index (χ0) is 10.9. The first-order chi connectivity index (χ1) is 7.07. The summed E-state index contributed by atoms with van der Waals surface area (Å²) in [5, 5.41) is 2.22. The predicted molar refractivity (Wildman–Crippen MR) is 66.3 cm³/mol. The number of hydrogen-bond donors (Lipinski definition) is 0. The second-order valence-corrected chi connectivity index (χ2v) is 5.60. The third-order valence-electron chi connectivity index (χ3n) is 2.35. The fourth-order valence-corrected chi connectivity index (χ4v) is 2.43. The van der Waals surface area contributed by atoms with Crippen molar-refractivity contribution in [1.29, 1.82) is 0 Å². The molecule has 2 rings (SSSR count). The molecule has 1 nitrogen and oxygen atoms in total. The van der Waals surface area contributed by atoms with Crippen LogP contribution in [-0.2, 0) is 5.41 Å². The highest BCUT2D eigenvalue weighted by Gasteiger charge is 2.16. The van der Waals surface area contributed by atoms with Crippen molar-refractivity contribution in [2.75, 3.05) is 0 Å². The minimum absolute atomic E-state index is 0.246. The summed E-state index contributed by atoms with van der Waals surface area (Å²) < 4.78 is 0. The maximum atomic E-state index is 4.03. The first-order valence-electron chi connectivity index (χ1n) is 5.07. The van der Waals surface area contributed by atoms with E-state index in [1.807, 2.05) is 23.7 Å². The molecule has 0 spiro atoms. The van der Waals surface area contributed by atoms with Gasteiger partial charge in [-0.2, -0.15) is 0 Å². The van der Waals surface area contributed by atoms with E-state index in [4.69, 9.17) is 0 Å². The Kier molecular flexibility index (Phi) is 2.61. The van der Waals surface area contributed by atoms with Crippen molar-refractivity contribution in [3.05, 3.63) is 40.8 Å². The number of rotatable bonds is 1. The Balaban J connectivity index is 2.37. The molecule has 0 saturated carbocycles. The topological polar surface area (TPSA) is 12.9 Å². The maximum absolute atomic E-state index is 4.03. The quantitative estimate of drug-likeness (QED) is 0.700. The highest BCUT2D eigenvalue weighted by Crippen LogP contribution is 2.32. The molecular weight excluding hydrogens is 202 g/mol. The van der Waals surface area contributed by atoms with Gasteiger partial charge in [-0.05, 0) is 40.1 Å². The highest BCUT2D eigenvalue weighted by atomic mass is 32.1. The zero-order valence-electron chi connectivity index (χ0n) is 9.32. The van der Waals surface area contributed by atoms with Crippen LogP contribution < -0.4 is 0 Å². The molecular formula is C13H15NS. The highest BCUT2D eigenvalue weighted by molar-refractivity contribution is 7.10. The second kappa shape index (κ2) is 3.78. The smallest absolute Gasteiger partial charge is 0.0273 e. The second-order valence-electron chi connectivity index (χ2n) is 4.69. The average Bonchev–Trinajstić information content (AvgIpc) is 2.67. The first-order valence-corrected chi connectivity index (χ1v) is 5.95. The van der Waals surface area contributed by atoms with E-state index in [0.717, 1.165) is 0 Å². The van der Waals surface area contributed by atoms with Crippen molar-refractivity contribution in [1.82, 2.24) is 4.98 Å². The monoisotopic (exact) mass is 217 g/mol. The van der Waals surface area contributed by atoms with E-state index in [1.54, 1.807) is 0 Å². The molecule has 0 bridgehead atoms. The molecule has 0 unspecified atom stereocenters. The van der Waals surface area contributed by atoms with Gasteiger partial charge in [-0.25, -0.2) is 0 Å². The van der Waals surface area contributed by atoms with Crippen molar-refractivity contribution >= 4 is 11.3 Å². The average molecular weight is 217 g/mol. The number of pyridine rings is 1. The number of hydrogen-bond acceptors (Lipinski definition) is 2. The van der Waals surface area contributed by atoms with Crippen LogP contribution in [0.1, 0.15) is 25.6 Å². The molecule has 0 radical (unpaired) electrons. The lowest BCUT2D eigenvalue weighted by atomic mass is 9.94. The lowest BCUT2D eigenvalue weighted by molar-refractivity contribution is 0.604. The van der Waals surface area contributed by atoms with E-state index in [2.05, 4.69) is 49.3 Å². The van der Waals surface area contributed by atoms with E-state index < -0.39 is 0 Å². The summed E-state index contributed by atoms with van der Waals surface area (Å²) >= 11 is 1.83. The summed E-state index contributed by atoms with van der Waals surface area (Å²) in [5.74, 6) is 0. The van der Waals surface area contributed by atoms with E-state index in [-0.39, 0.29) is 5.41 Å². The summed E-state index contributed by atoms with van der Waals surface area (Å²) in [5.41, 5.74) is 2.79. The molecule has 0 atom stereocenters. The van der Waals surface area contributed by atoms with Gasteiger partial charge >= 0.3 is 0 Å². The summed E-state index contributed by atoms with van der Waals surface area (Å²) in [4.78, 5) is 5.46. The van der Waals surface area contributed by atoms with E-state index in [9.17, 15) is 0 Å². The summed E-state index contributed by atoms with van der Waals surface area (Å²) in [6.45, 7) is 6.74. The van der Waals surface area contributed by atoms with E-state index in [1.165, 1.54) is 16.0 Å². The Hall–Kier alpha value is -1.15. The molecule has 2 aromatic heterocycles. The van der Waals surface area contributed by atoms with Crippen LogP contribution in [0.3, 0.4) is 0 Å². The summed E-state index contributed by atoms with van der Waals surface area (Å²) in [6.07, 6.45) is 3.67. The summed E-state index contributed by atoms with van der Waals surface area (Å²) in [6, 6.07) is 6.38. The molecule has 78 valence electrons. The Morgan fingerprint density at radius 1 is 1.07 bits per heavy atom. The molecule has 0 aromatic carbocycles. The van der Waals surface area contributed by atoms with Crippen LogP contribution in [-0.4, -0.2) is 4.98 Å². The van der Waals surface area contributed by atoms with Crippen LogP contribution in [0.2, 0.25) is 0 Å². The van der Waals surface area contributed by atoms with Gasteiger partial charge in [0.2, 0.25) is 0 Å². The lowest BCUT2D eigenvalue weighted by Crippen LogP contribution is -2.07. The molecule has 2 heteroatoms. The predicted octanol–water partition coefficient (Wildman–Crippen LogP) is 4.11. The molecule has 0 aliphatic heterocycles. The summed E-state index contributed by atoms with van der Waals surface area (Å²) in [7, 11) is 0. The first kappa shape index (κ1) is 10.4. The molecule has 0 aliphatic carbocycles. The Labute approximate surface area is 94.8 Å². The maximum Gasteiger partial charge on any atom is 0.0273 e. The molecule has 0 saturated heterocycles. The van der Waals surface area contributed by atoms with Crippen LogP contribution in [0.5, 0.6) is 0 Å². The number of aromatic nitrogens is 1. The van der Waals surface area contributed by atoms with E-state index in [0.29, 0.717) is 0 Å². The largest absolute Gasteiger partial charge is 0.265 e. The third kappa shape index (κ3) is 2.26. The molecule has 0 aliphatic rings. The van der Waals surface area contributed by atoms with Crippen molar-refractivity contribution in [2.45, 2.75) is 26.2 Å².